The number of hydrogen-bond donors (Lipinski definition) is 0. The maximum atomic E-state index is 14.6. The Morgan fingerprint density at radius 1 is 1.16 bits per heavy atom. The molecule has 1 amide bonds. The quantitative estimate of drug-likeness (QED) is 0.456. The summed E-state index contributed by atoms with van der Waals surface area (Å²) in [5.41, 5.74) is 0.330. The number of carbonyl (C=O) groups excluding carboxylic acids is 2. The fraction of sp³-hybridized carbons (Fsp3) is 0.556. The summed E-state index contributed by atoms with van der Waals surface area (Å²) in [6.07, 6.45) is 7.72. The number of rotatable bonds is 9. The van der Waals surface area contributed by atoms with Crippen molar-refractivity contribution < 1.29 is 23.5 Å². The number of piperidine rings is 1. The highest BCUT2D eigenvalue weighted by molar-refractivity contribution is 6.30. The molecule has 37 heavy (non-hydrogen) atoms. The van der Waals surface area contributed by atoms with Gasteiger partial charge >= 0.3 is 5.97 Å². The fourth-order valence-corrected chi connectivity index (χ4v) is 5.64. The molecule has 2 aromatic rings. The fourth-order valence-electron chi connectivity index (χ4n) is 5.54. The number of ether oxygens (including phenoxy) is 2. The van der Waals surface area contributed by atoms with Gasteiger partial charge in [-0.2, -0.15) is 0 Å². The number of aromatic nitrogens is 2. The highest BCUT2D eigenvalue weighted by atomic mass is 35.5. The van der Waals surface area contributed by atoms with Gasteiger partial charge in [0.25, 0.3) is 0 Å². The Kier molecular flexibility index (Phi) is 7.79. The second kappa shape index (κ2) is 11.2. The maximum absolute atomic E-state index is 14.6. The number of anilines is 1. The van der Waals surface area contributed by atoms with Crippen molar-refractivity contribution in [1.82, 2.24) is 14.9 Å². The number of carbonyl (C=O) groups is 2. The highest BCUT2D eigenvalue weighted by Crippen LogP contribution is 2.49. The van der Waals surface area contributed by atoms with Gasteiger partial charge in [0, 0.05) is 32.2 Å². The molecule has 1 aliphatic carbocycles. The normalized spacial score (nSPS) is 21.9. The van der Waals surface area contributed by atoms with E-state index >= 15 is 0 Å². The van der Waals surface area contributed by atoms with Gasteiger partial charge in [0.05, 0.1) is 43.5 Å². The number of esters is 1. The molecular formula is C27H32ClFN4O4. The van der Waals surface area contributed by atoms with Crippen LogP contribution in [-0.4, -0.2) is 66.6 Å². The van der Waals surface area contributed by atoms with Gasteiger partial charge in [-0.3, -0.25) is 9.59 Å². The summed E-state index contributed by atoms with van der Waals surface area (Å²) in [7, 11) is 1.33. The van der Waals surface area contributed by atoms with E-state index in [0.29, 0.717) is 41.9 Å². The maximum Gasteiger partial charge on any atom is 0.312 e. The molecule has 1 saturated carbocycles. The number of halogens is 2. The predicted octanol–water partition coefficient (Wildman–Crippen LogP) is 3.76. The van der Waals surface area contributed by atoms with Gasteiger partial charge in [0.15, 0.2) is 0 Å². The minimum atomic E-state index is -0.448. The summed E-state index contributed by atoms with van der Waals surface area (Å²) in [4.78, 5) is 36.3. The van der Waals surface area contributed by atoms with Gasteiger partial charge in [-0.15, -0.1) is 0 Å². The van der Waals surface area contributed by atoms with Crippen molar-refractivity contribution in [2.24, 2.45) is 23.7 Å². The minimum Gasteiger partial charge on any atom is -0.493 e. The third-order valence-electron chi connectivity index (χ3n) is 7.90. The molecule has 3 fully saturated rings. The SMILES string of the molecule is COC(=O)C1CN(C(=O)Cc2ccc(OCC[C@@H]3C[C@@H]3C3CCN(c4ncc(Cl)cn4)CC3)cc2F)C1. The summed E-state index contributed by atoms with van der Waals surface area (Å²) in [6, 6.07) is 4.69. The standard InChI is InChI=1S/C27H32ClFN4O4/c1-36-26(35)20-15-33(16-20)25(34)11-19-2-3-22(12-24(19)29)37-9-6-18-10-23(18)17-4-7-32(8-5-17)27-30-13-21(28)14-31-27/h2-3,12-14,17-18,20,23H,4-11,15-16H2,1H3/t18-,23-/m1/s1. The summed E-state index contributed by atoms with van der Waals surface area (Å²) >= 11 is 5.89. The number of benzene rings is 1. The lowest BCUT2D eigenvalue weighted by Gasteiger charge is -2.37. The number of likely N-dealkylation sites (tertiary alicyclic amines) is 1. The second-order valence-electron chi connectivity index (χ2n) is 10.3. The molecule has 0 unspecified atom stereocenters. The average Bonchev–Trinajstić information content (AvgIpc) is 3.65. The van der Waals surface area contributed by atoms with Crippen molar-refractivity contribution in [2.75, 3.05) is 44.8 Å². The third-order valence-corrected chi connectivity index (χ3v) is 8.10. The Bertz CT molecular complexity index is 1120. The van der Waals surface area contributed by atoms with E-state index in [-0.39, 0.29) is 24.2 Å². The number of methoxy groups -OCH3 is 1. The van der Waals surface area contributed by atoms with Crippen molar-refractivity contribution >= 4 is 29.4 Å². The van der Waals surface area contributed by atoms with Crippen LogP contribution in [0.15, 0.2) is 30.6 Å². The van der Waals surface area contributed by atoms with Crippen LogP contribution in [0.3, 0.4) is 0 Å². The molecule has 10 heteroatoms. The molecule has 5 rings (SSSR count). The first kappa shape index (κ1) is 25.7. The van der Waals surface area contributed by atoms with Crippen molar-refractivity contribution in [1.29, 1.82) is 0 Å². The van der Waals surface area contributed by atoms with Gasteiger partial charge in [-0.25, -0.2) is 14.4 Å². The Labute approximate surface area is 221 Å². The first-order valence-corrected chi connectivity index (χ1v) is 13.3. The van der Waals surface area contributed by atoms with Gasteiger partial charge in [-0.1, -0.05) is 17.7 Å². The van der Waals surface area contributed by atoms with Gasteiger partial charge in [0.1, 0.15) is 11.6 Å². The van der Waals surface area contributed by atoms with Crippen molar-refractivity contribution in [3.63, 3.8) is 0 Å². The summed E-state index contributed by atoms with van der Waals surface area (Å²) in [6.45, 7) is 3.13. The Morgan fingerprint density at radius 3 is 2.57 bits per heavy atom. The molecule has 1 aromatic heterocycles. The molecule has 2 atom stereocenters. The first-order chi connectivity index (χ1) is 17.9. The molecule has 0 spiro atoms. The van der Waals surface area contributed by atoms with Crippen molar-refractivity contribution in [2.45, 2.75) is 32.1 Å². The van der Waals surface area contributed by atoms with Crippen LogP contribution in [0.1, 0.15) is 31.2 Å². The zero-order valence-corrected chi connectivity index (χ0v) is 21.7. The van der Waals surface area contributed by atoms with E-state index in [1.165, 1.54) is 19.6 Å². The van der Waals surface area contributed by atoms with E-state index in [9.17, 15) is 14.0 Å². The Morgan fingerprint density at radius 2 is 1.89 bits per heavy atom. The van der Waals surface area contributed by atoms with E-state index < -0.39 is 5.82 Å². The van der Waals surface area contributed by atoms with Crippen LogP contribution >= 0.6 is 11.6 Å². The van der Waals surface area contributed by atoms with Crippen LogP contribution in [0.2, 0.25) is 5.02 Å². The van der Waals surface area contributed by atoms with E-state index in [2.05, 4.69) is 19.6 Å². The molecule has 0 N–H and O–H groups in total. The van der Waals surface area contributed by atoms with E-state index in [4.69, 9.17) is 16.3 Å². The molecule has 2 aliphatic heterocycles. The molecule has 2 saturated heterocycles. The minimum absolute atomic E-state index is 0.0350. The largest absolute Gasteiger partial charge is 0.493 e. The van der Waals surface area contributed by atoms with Crippen molar-refractivity contribution in [3.05, 3.63) is 47.0 Å². The van der Waals surface area contributed by atoms with Crippen LogP contribution in [0.25, 0.3) is 0 Å². The third kappa shape index (κ3) is 6.14. The molecule has 3 aliphatic rings. The predicted molar refractivity (Wildman–Crippen MR) is 136 cm³/mol. The average molecular weight is 531 g/mol. The molecule has 3 heterocycles. The zero-order chi connectivity index (χ0) is 25.9. The Hall–Kier alpha value is -2.94. The topological polar surface area (TPSA) is 84.9 Å². The lowest BCUT2D eigenvalue weighted by atomic mass is 9.90. The van der Waals surface area contributed by atoms with E-state index in [1.54, 1.807) is 29.4 Å². The molecule has 8 nitrogen and oxygen atoms in total. The first-order valence-electron chi connectivity index (χ1n) is 12.9. The monoisotopic (exact) mass is 530 g/mol. The Balaban J connectivity index is 1.00. The lowest BCUT2D eigenvalue weighted by molar-refractivity contribution is -0.155. The van der Waals surface area contributed by atoms with E-state index in [0.717, 1.165) is 50.1 Å². The molecular weight excluding hydrogens is 499 g/mol. The van der Waals surface area contributed by atoms with Gasteiger partial charge in [0.2, 0.25) is 11.9 Å². The number of amides is 1. The second-order valence-corrected chi connectivity index (χ2v) is 10.7. The molecule has 0 radical (unpaired) electrons. The van der Waals surface area contributed by atoms with E-state index in [1.807, 2.05) is 0 Å². The highest BCUT2D eigenvalue weighted by Gasteiger charge is 2.43. The van der Waals surface area contributed by atoms with Crippen LogP contribution < -0.4 is 9.64 Å². The number of nitrogens with zero attached hydrogens (tertiary/aromatic N) is 4. The molecule has 1 aromatic carbocycles. The number of hydrogen-bond acceptors (Lipinski definition) is 7. The smallest absolute Gasteiger partial charge is 0.312 e. The summed E-state index contributed by atoms with van der Waals surface area (Å²) in [5, 5.41) is 0.550. The lowest BCUT2D eigenvalue weighted by Crippen LogP contribution is -2.53. The summed E-state index contributed by atoms with van der Waals surface area (Å²) < 4.78 is 25.1. The van der Waals surface area contributed by atoms with Crippen molar-refractivity contribution in [3.8, 4) is 5.75 Å². The van der Waals surface area contributed by atoms with Gasteiger partial charge in [-0.05, 0) is 55.1 Å². The summed E-state index contributed by atoms with van der Waals surface area (Å²) in [5.74, 6) is 2.11. The molecule has 198 valence electrons. The van der Waals surface area contributed by atoms with Crippen LogP contribution in [0.4, 0.5) is 10.3 Å². The van der Waals surface area contributed by atoms with Crippen LogP contribution in [-0.2, 0) is 20.7 Å². The zero-order valence-electron chi connectivity index (χ0n) is 20.9. The van der Waals surface area contributed by atoms with Crippen LogP contribution in [0, 0.1) is 29.5 Å². The molecule has 0 bridgehead atoms. The van der Waals surface area contributed by atoms with Gasteiger partial charge < -0.3 is 19.3 Å². The van der Waals surface area contributed by atoms with Crippen LogP contribution in [0.5, 0.6) is 5.75 Å².